The molecule has 37 heavy (non-hydrogen) atoms. The molecule has 1 fully saturated rings. The van der Waals surface area contributed by atoms with E-state index in [-0.39, 0.29) is 30.2 Å². The average molecular weight is 504 g/mol. The van der Waals surface area contributed by atoms with Crippen LogP contribution in [0.25, 0.3) is 22.4 Å². The lowest BCUT2D eigenvalue weighted by molar-refractivity contribution is -0.133. The van der Waals surface area contributed by atoms with E-state index in [1.807, 2.05) is 48.2 Å². The molecule has 194 valence electrons. The Bertz CT molecular complexity index is 1240. The summed E-state index contributed by atoms with van der Waals surface area (Å²) in [6.07, 6.45) is 3.44. The van der Waals surface area contributed by atoms with E-state index in [2.05, 4.69) is 20.0 Å². The first-order valence-corrected chi connectivity index (χ1v) is 12.5. The van der Waals surface area contributed by atoms with E-state index in [4.69, 9.17) is 5.73 Å². The van der Waals surface area contributed by atoms with Gasteiger partial charge in [0.05, 0.1) is 31.6 Å². The predicted molar refractivity (Wildman–Crippen MR) is 141 cm³/mol. The third kappa shape index (κ3) is 6.24. The number of nitrogens with one attached hydrogen (secondary N) is 2. The summed E-state index contributed by atoms with van der Waals surface area (Å²) in [4.78, 5) is 45.9. The van der Waals surface area contributed by atoms with Crippen LogP contribution >= 0.6 is 0 Å². The molecule has 2 atom stereocenters. The number of amides is 2. The molecule has 0 spiro atoms. The number of carbonyl (C=O) groups excluding carboxylic acids is 3. The zero-order valence-corrected chi connectivity index (χ0v) is 21.2. The molecular formula is C28H33N5O4. The van der Waals surface area contributed by atoms with Gasteiger partial charge in [-0.15, -0.1) is 0 Å². The van der Waals surface area contributed by atoms with Crippen LogP contribution in [0.5, 0.6) is 0 Å². The van der Waals surface area contributed by atoms with Crippen molar-refractivity contribution in [1.29, 1.82) is 0 Å². The summed E-state index contributed by atoms with van der Waals surface area (Å²) in [6.45, 7) is 3.01. The number of H-pyrrole nitrogens is 1. The third-order valence-electron chi connectivity index (χ3n) is 6.71. The Balaban J connectivity index is 1.40. The van der Waals surface area contributed by atoms with Gasteiger partial charge in [0.25, 0.3) is 0 Å². The van der Waals surface area contributed by atoms with Gasteiger partial charge in [-0.3, -0.25) is 9.59 Å². The first-order valence-electron chi connectivity index (χ1n) is 12.5. The fourth-order valence-corrected chi connectivity index (χ4v) is 4.63. The number of Topliss-reactive ketones (excluding diaryl/α,β-unsaturated/α-hetero) is 1. The van der Waals surface area contributed by atoms with Crippen molar-refractivity contribution in [2.75, 3.05) is 26.7 Å². The molecule has 1 aliphatic heterocycles. The number of rotatable bonds is 9. The van der Waals surface area contributed by atoms with Gasteiger partial charge >= 0.3 is 6.09 Å². The Hall–Kier alpha value is -3.98. The molecule has 1 aliphatic rings. The zero-order valence-electron chi connectivity index (χ0n) is 21.2. The van der Waals surface area contributed by atoms with Crippen molar-refractivity contribution < 1.29 is 19.1 Å². The van der Waals surface area contributed by atoms with Gasteiger partial charge in [0, 0.05) is 25.1 Å². The first kappa shape index (κ1) is 26.1. The van der Waals surface area contributed by atoms with Crippen molar-refractivity contribution >= 4 is 17.8 Å². The van der Waals surface area contributed by atoms with Crippen LogP contribution in [0.3, 0.4) is 0 Å². The molecule has 2 unspecified atom stereocenters. The normalized spacial score (nSPS) is 15.9. The highest BCUT2D eigenvalue weighted by Gasteiger charge is 2.32. The number of likely N-dealkylation sites (tertiary alicyclic amines) is 1. The quantitative estimate of drug-likeness (QED) is 0.379. The van der Waals surface area contributed by atoms with Gasteiger partial charge in [0.1, 0.15) is 5.82 Å². The Morgan fingerprint density at radius 2 is 1.76 bits per heavy atom. The highest BCUT2D eigenvalue weighted by molar-refractivity contribution is 5.97. The number of imidazole rings is 1. The van der Waals surface area contributed by atoms with Crippen molar-refractivity contribution in [2.24, 2.45) is 11.7 Å². The topological polar surface area (TPSA) is 130 Å². The number of carbonyl (C=O) groups is 3. The Kier molecular flexibility index (Phi) is 8.35. The van der Waals surface area contributed by atoms with E-state index in [1.165, 1.54) is 7.11 Å². The molecular weight excluding hydrogens is 470 g/mol. The van der Waals surface area contributed by atoms with E-state index in [0.29, 0.717) is 25.1 Å². The first-order chi connectivity index (χ1) is 17.9. The van der Waals surface area contributed by atoms with Gasteiger partial charge in [-0.05, 0) is 35.4 Å². The fraction of sp³-hybridized carbons (Fsp3) is 0.357. The summed E-state index contributed by atoms with van der Waals surface area (Å²) in [6, 6.07) is 15.5. The molecule has 9 heteroatoms. The summed E-state index contributed by atoms with van der Waals surface area (Å²) < 4.78 is 4.59. The van der Waals surface area contributed by atoms with Gasteiger partial charge in [-0.1, -0.05) is 55.5 Å². The minimum absolute atomic E-state index is 0.000636. The highest BCUT2D eigenvalue weighted by Crippen LogP contribution is 2.33. The van der Waals surface area contributed by atoms with E-state index in [1.54, 1.807) is 18.3 Å². The standard InChI is InChI=1S/C28H33N5O4/c1-18(16-31-28(36)37-2)14-26(35)33-13-3-4-24(33)27-30-17-23(32-27)21-9-5-19(6-10-21)20-7-11-22(12-8-20)25(34)15-29/h5-12,17-18,24H,3-4,13-16,29H2,1-2H3,(H,30,32)(H,31,36). The largest absolute Gasteiger partial charge is 0.453 e. The second-order valence-corrected chi connectivity index (χ2v) is 9.39. The van der Waals surface area contributed by atoms with Crippen LogP contribution in [-0.2, 0) is 9.53 Å². The minimum Gasteiger partial charge on any atom is -0.453 e. The zero-order chi connectivity index (χ0) is 26.4. The van der Waals surface area contributed by atoms with Crippen molar-refractivity contribution in [2.45, 2.75) is 32.2 Å². The maximum atomic E-state index is 13.0. The van der Waals surface area contributed by atoms with Gasteiger partial charge in [0.15, 0.2) is 5.78 Å². The van der Waals surface area contributed by atoms with Crippen molar-refractivity contribution in [3.63, 3.8) is 0 Å². The van der Waals surface area contributed by atoms with Crippen LogP contribution in [-0.4, -0.2) is 59.4 Å². The number of hydrogen-bond acceptors (Lipinski definition) is 6. The number of ether oxygens (including phenoxy) is 1. The molecule has 4 N–H and O–H groups in total. The summed E-state index contributed by atoms with van der Waals surface area (Å²) in [7, 11) is 1.32. The van der Waals surface area contributed by atoms with Crippen LogP contribution in [0.15, 0.2) is 54.7 Å². The molecule has 2 aromatic carbocycles. The van der Waals surface area contributed by atoms with Gasteiger partial charge in [-0.25, -0.2) is 9.78 Å². The number of benzene rings is 2. The lowest BCUT2D eigenvalue weighted by Crippen LogP contribution is -2.35. The van der Waals surface area contributed by atoms with E-state index in [0.717, 1.165) is 41.1 Å². The average Bonchev–Trinajstić information content (AvgIpc) is 3.61. The molecule has 4 rings (SSSR count). The molecule has 2 amide bonds. The van der Waals surface area contributed by atoms with Crippen LogP contribution in [0.1, 0.15) is 48.4 Å². The maximum Gasteiger partial charge on any atom is 0.406 e. The van der Waals surface area contributed by atoms with Gasteiger partial charge < -0.3 is 25.7 Å². The van der Waals surface area contributed by atoms with Crippen LogP contribution in [0.2, 0.25) is 0 Å². The molecule has 0 saturated carbocycles. The Labute approximate surface area is 216 Å². The number of methoxy groups -OCH3 is 1. The third-order valence-corrected chi connectivity index (χ3v) is 6.71. The maximum absolute atomic E-state index is 13.0. The Morgan fingerprint density at radius 1 is 1.11 bits per heavy atom. The molecule has 3 aromatic rings. The van der Waals surface area contributed by atoms with Crippen molar-refractivity contribution in [1.82, 2.24) is 20.2 Å². The van der Waals surface area contributed by atoms with Crippen LogP contribution < -0.4 is 11.1 Å². The van der Waals surface area contributed by atoms with E-state index < -0.39 is 6.09 Å². The lowest BCUT2D eigenvalue weighted by Gasteiger charge is -2.25. The van der Waals surface area contributed by atoms with Gasteiger partial charge in [-0.2, -0.15) is 0 Å². The minimum atomic E-state index is -0.494. The molecule has 0 radical (unpaired) electrons. The molecule has 1 saturated heterocycles. The summed E-state index contributed by atoms with van der Waals surface area (Å²) in [5.74, 6) is 0.758. The molecule has 0 bridgehead atoms. The summed E-state index contributed by atoms with van der Waals surface area (Å²) >= 11 is 0. The van der Waals surface area contributed by atoms with Gasteiger partial charge in [0.2, 0.25) is 5.91 Å². The van der Waals surface area contributed by atoms with Crippen molar-refractivity contribution in [3.05, 3.63) is 66.1 Å². The SMILES string of the molecule is COC(=O)NCC(C)CC(=O)N1CCCC1c1ncc(-c2ccc(-c3ccc(C(=O)CN)cc3)cc2)[nH]1. The monoisotopic (exact) mass is 503 g/mol. The second-order valence-electron chi connectivity index (χ2n) is 9.39. The highest BCUT2D eigenvalue weighted by atomic mass is 16.5. The number of hydrogen-bond donors (Lipinski definition) is 3. The second kappa shape index (κ2) is 11.8. The summed E-state index contributed by atoms with van der Waals surface area (Å²) in [5.41, 5.74) is 9.99. The number of nitrogens with two attached hydrogens (primary N) is 1. The van der Waals surface area contributed by atoms with Crippen molar-refractivity contribution in [3.8, 4) is 22.4 Å². The van der Waals surface area contributed by atoms with E-state index in [9.17, 15) is 14.4 Å². The predicted octanol–water partition coefficient (Wildman–Crippen LogP) is 3.93. The van der Waals surface area contributed by atoms with Crippen LogP contribution in [0, 0.1) is 5.92 Å². The smallest absolute Gasteiger partial charge is 0.406 e. The summed E-state index contributed by atoms with van der Waals surface area (Å²) in [5, 5.41) is 2.65. The number of aromatic nitrogens is 2. The number of aromatic amines is 1. The molecule has 1 aromatic heterocycles. The Morgan fingerprint density at radius 3 is 2.41 bits per heavy atom. The van der Waals surface area contributed by atoms with E-state index >= 15 is 0 Å². The fourth-order valence-electron chi connectivity index (χ4n) is 4.63. The molecule has 9 nitrogen and oxygen atoms in total. The lowest BCUT2D eigenvalue weighted by atomic mass is 10.0. The number of ketones is 1. The number of alkyl carbamates (subject to hydrolysis) is 1. The molecule has 0 aliphatic carbocycles. The van der Waals surface area contributed by atoms with Crippen LogP contribution in [0.4, 0.5) is 4.79 Å². The molecule has 2 heterocycles. The number of nitrogens with zero attached hydrogens (tertiary/aromatic N) is 2.